The standard InChI is InChI=1S/C18H19BrN2O3/c1-11(13-4-5-13)20-17(22)10-12-2-6-14(7-3-12)21-18(23)15-8-9-16(19)24-15/h2-3,6-9,11,13H,4-5,10H2,1H3,(H,20,22)(H,21,23). The Morgan fingerprint density at radius 3 is 2.50 bits per heavy atom. The van der Waals surface area contributed by atoms with Gasteiger partial charge in [-0.25, -0.2) is 0 Å². The van der Waals surface area contributed by atoms with E-state index in [9.17, 15) is 9.59 Å². The Balaban J connectivity index is 1.53. The zero-order chi connectivity index (χ0) is 17.1. The summed E-state index contributed by atoms with van der Waals surface area (Å²) in [5, 5.41) is 5.79. The van der Waals surface area contributed by atoms with E-state index in [1.165, 1.54) is 12.8 Å². The molecule has 1 aromatic carbocycles. The molecule has 0 saturated heterocycles. The van der Waals surface area contributed by atoms with Crippen molar-refractivity contribution in [2.45, 2.75) is 32.2 Å². The summed E-state index contributed by atoms with van der Waals surface area (Å²) < 4.78 is 5.72. The van der Waals surface area contributed by atoms with Gasteiger partial charge in [-0.15, -0.1) is 0 Å². The van der Waals surface area contributed by atoms with Gasteiger partial charge >= 0.3 is 0 Å². The van der Waals surface area contributed by atoms with Crippen LogP contribution < -0.4 is 10.6 Å². The lowest BCUT2D eigenvalue weighted by Crippen LogP contribution is -2.35. The topological polar surface area (TPSA) is 71.3 Å². The van der Waals surface area contributed by atoms with Gasteiger partial charge in [0.15, 0.2) is 10.4 Å². The first-order chi connectivity index (χ1) is 11.5. The Kier molecular flexibility index (Phi) is 5.04. The van der Waals surface area contributed by atoms with Crippen LogP contribution in [0.15, 0.2) is 45.5 Å². The molecule has 0 radical (unpaired) electrons. The predicted molar refractivity (Wildman–Crippen MR) is 94.8 cm³/mol. The van der Waals surface area contributed by atoms with Crippen molar-refractivity contribution in [2.24, 2.45) is 5.92 Å². The second-order valence-corrected chi connectivity index (χ2v) is 6.91. The second-order valence-electron chi connectivity index (χ2n) is 6.13. The molecule has 1 fully saturated rings. The number of hydrogen-bond acceptors (Lipinski definition) is 3. The van der Waals surface area contributed by atoms with Crippen molar-refractivity contribution in [3.05, 3.63) is 52.4 Å². The average molecular weight is 391 g/mol. The maximum Gasteiger partial charge on any atom is 0.291 e. The fourth-order valence-electron chi connectivity index (χ4n) is 2.54. The normalized spacial score (nSPS) is 14.9. The molecule has 1 saturated carbocycles. The fourth-order valence-corrected chi connectivity index (χ4v) is 2.85. The minimum atomic E-state index is -0.315. The van der Waals surface area contributed by atoms with Gasteiger partial charge in [-0.2, -0.15) is 0 Å². The number of anilines is 1. The Labute approximate surface area is 148 Å². The molecule has 0 aliphatic heterocycles. The Hall–Kier alpha value is -2.08. The minimum Gasteiger partial charge on any atom is -0.444 e. The number of amides is 2. The number of halogens is 1. The summed E-state index contributed by atoms with van der Waals surface area (Å²) in [5.74, 6) is 0.601. The van der Waals surface area contributed by atoms with Crippen molar-refractivity contribution in [1.29, 1.82) is 0 Å². The zero-order valence-electron chi connectivity index (χ0n) is 13.3. The molecule has 1 unspecified atom stereocenters. The third kappa shape index (κ3) is 4.47. The van der Waals surface area contributed by atoms with Gasteiger partial charge in [-0.1, -0.05) is 12.1 Å². The molecule has 24 heavy (non-hydrogen) atoms. The van der Waals surface area contributed by atoms with Gasteiger partial charge in [-0.05, 0) is 71.4 Å². The van der Waals surface area contributed by atoms with E-state index in [1.54, 1.807) is 24.3 Å². The van der Waals surface area contributed by atoms with E-state index in [4.69, 9.17) is 4.42 Å². The molecule has 1 aliphatic carbocycles. The van der Waals surface area contributed by atoms with Gasteiger partial charge in [0.05, 0.1) is 6.42 Å². The van der Waals surface area contributed by atoms with Crippen molar-refractivity contribution in [1.82, 2.24) is 5.32 Å². The number of nitrogens with one attached hydrogen (secondary N) is 2. The molecule has 0 bridgehead atoms. The summed E-state index contributed by atoms with van der Waals surface area (Å²) in [6.45, 7) is 2.06. The van der Waals surface area contributed by atoms with Crippen LogP contribution in [0.2, 0.25) is 0 Å². The summed E-state index contributed by atoms with van der Waals surface area (Å²) in [7, 11) is 0. The van der Waals surface area contributed by atoms with Gasteiger partial charge < -0.3 is 15.1 Å². The van der Waals surface area contributed by atoms with E-state index in [0.717, 1.165) is 5.56 Å². The van der Waals surface area contributed by atoms with E-state index < -0.39 is 0 Å². The lowest BCUT2D eigenvalue weighted by atomic mass is 10.1. The van der Waals surface area contributed by atoms with Crippen LogP contribution in [0.5, 0.6) is 0 Å². The van der Waals surface area contributed by atoms with Crippen LogP contribution >= 0.6 is 15.9 Å². The lowest BCUT2D eigenvalue weighted by Gasteiger charge is -2.12. The highest BCUT2D eigenvalue weighted by Crippen LogP contribution is 2.32. The smallest absolute Gasteiger partial charge is 0.291 e. The third-order valence-electron chi connectivity index (χ3n) is 4.09. The highest BCUT2D eigenvalue weighted by atomic mass is 79.9. The molecule has 126 valence electrons. The minimum absolute atomic E-state index is 0.0339. The van der Waals surface area contributed by atoms with E-state index >= 15 is 0 Å². The number of benzene rings is 1. The largest absolute Gasteiger partial charge is 0.444 e. The van der Waals surface area contributed by atoms with Crippen LogP contribution in [0.3, 0.4) is 0 Å². The summed E-state index contributed by atoms with van der Waals surface area (Å²) in [6, 6.07) is 10.8. The SMILES string of the molecule is CC(NC(=O)Cc1ccc(NC(=O)c2ccc(Br)o2)cc1)C1CC1. The Morgan fingerprint density at radius 1 is 1.21 bits per heavy atom. The number of carbonyl (C=O) groups excluding carboxylic acids is 2. The van der Waals surface area contributed by atoms with Crippen LogP contribution in [0.1, 0.15) is 35.9 Å². The van der Waals surface area contributed by atoms with E-state index in [1.807, 2.05) is 12.1 Å². The first-order valence-electron chi connectivity index (χ1n) is 7.96. The number of hydrogen-bond donors (Lipinski definition) is 2. The van der Waals surface area contributed by atoms with Crippen molar-refractivity contribution in [3.8, 4) is 0 Å². The third-order valence-corrected chi connectivity index (χ3v) is 4.52. The van der Waals surface area contributed by atoms with E-state index in [0.29, 0.717) is 22.7 Å². The van der Waals surface area contributed by atoms with Crippen LogP contribution in [-0.4, -0.2) is 17.9 Å². The quantitative estimate of drug-likeness (QED) is 0.788. The van der Waals surface area contributed by atoms with Crippen LogP contribution in [0.25, 0.3) is 0 Å². The molecule has 3 rings (SSSR count). The molecule has 6 heteroatoms. The van der Waals surface area contributed by atoms with E-state index in [-0.39, 0.29) is 23.6 Å². The van der Waals surface area contributed by atoms with Crippen LogP contribution in [-0.2, 0) is 11.2 Å². The first kappa shape index (κ1) is 16.8. The first-order valence-corrected chi connectivity index (χ1v) is 8.75. The summed E-state index contributed by atoms with van der Waals surface area (Å²) in [5.41, 5.74) is 1.57. The summed E-state index contributed by atoms with van der Waals surface area (Å²) in [4.78, 5) is 24.0. The molecule has 0 spiro atoms. The predicted octanol–water partition coefficient (Wildman–Crippen LogP) is 3.75. The van der Waals surface area contributed by atoms with Crippen molar-refractivity contribution < 1.29 is 14.0 Å². The number of carbonyl (C=O) groups is 2. The molecule has 2 aromatic rings. The molecule has 2 N–H and O–H groups in total. The van der Waals surface area contributed by atoms with E-state index in [2.05, 4.69) is 33.5 Å². The second kappa shape index (κ2) is 7.21. The van der Waals surface area contributed by atoms with Crippen molar-refractivity contribution in [3.63, 3.8) is 0 Å². The van der Waals surface area contributed by atoms with Crippen molar-refractivity contribution >= 4 is 33.4 Å². The lowest BCUT2D eigenvalue weighted by molar-refractivity contribution is -0.121. The fraction of sp³-hybridized carbons (Fsp3) is 0.333. The maximum absolute atomic E-state index is 12.0. The molecular formula is C18H19BrN2O3. The molecular weight excluding hydrogens is 372 g/mol. The molecule has 1 heterocycles. The number of furan rings is 1. The van der Waals surface area contributed by atoms with Gasteiger partial charge in [-0.3, -0.25) is 9.59 Å². The summed E-state index contributed by atoms with van der Waals surface area (Å²) in [6.07, 6.45) is 2.76. The molecule has 1 atom stereocenters. The van der Waals surface area contributed by atoms with Gasteiger partial charge in [0.1, 0.15) is 0 Å². The Bertz CT molecular complexity index is 735. The summed E-state index contributed by atoms with van der Waals surface area (Å²) >= 11 is 3.16. The highest BCUT2D eigenvalue weighted by Gasteiger charge is 2.28. The zero-order valence-corrected chi connectivity index (χ0v) is 14.9. The monoisotopic (exact) mass is 390 g/mol. The molecule has 1 aromatic heterocycles. The van der Waals surface area contributed by atoms with Crippen LogP contribution in [0, 0.1) is 5.92 Å². The number of rotatable bonds is 6. The molecule has 5 nitrogen and oxygen atoms in total. The van der Waals surface area contributed by atoms with Crippen molar-refractivity contribution in [2.75, 3.05) is 5.32 Å². The highest BCUT2D eigenvalue weighted by molar-refractivity contribution is 9.10. The molecule has 2 amide bonds. The van der Waals surface area contributed by atoms with Gasteiger partial charge in [0.25, 0.3) is 5.91 Å². The average Bonchev–Trinajstić information content (AvgIpc) is 3.31. The van der Waals surface area contributed by atoms with Gasteiger partial charge in [0.2, 0.25) is 5.91 Å². The van der Waals surface area contributed by atoms with Gasteiger partial charge in [0, 0.05) is 11.7 Å². The molecule has 1 aliphatic rings. The van der Waals surface area contributed by atoms with Crippen LogP contribution in [0.4, 0.5) is 5.69 Å². The maximum atomic E-state index is 12.0. The Morgan fingerprint density at radius 2 is 1.92 bits per heavy atom.